The average Bonchev–Trinajstić information content (AvgIpc) is 2.61. The number of nitrogens with zero attached hydrogens (tertiary/aromatic N) is 2. The van der Waals surface area contributed by atoms with E-state index in [0.29, 0.717) is 0 Å². The maximum absolute atomic E-state index is 5.61. The van der Waals surface area contributed by atoms with Gasteiger partial charge in [0.15, 0.2) is 0 Å². The summed E-state index contributed by atoms with van der Waals surface area (Å²) in [5.41, 5.74) is 5.61. The summed E-state index contributed by atoms with van der Waals surface area (Å²) < 4.78 is 0. The summed E-state index contributed by atoms with van der Waals surface area (Å²) in [6.45, 7) is 8.52. The molecule has 3 heteroatoms. The van der Waals surface area contributed by atoms with Gasteiger partial charge >= 0.3 is 0 Å². The van der Waals surface area contributed by atoms with Gasteiger partial charge in [0.2, 0.25) is 0 Å². The molecule has 17 heavy (non-hydrogen) atoms. The molecule has 2 aliphatic rings. The van der Waals surface area contributed by atoms with Gasteiger partial charge in [0.25, 0.3) is 0 Å². The van der Waals surface area contributed by atoms with Crippen LogP contribution in [0.4, 0.5) is 0 Å². The van der Waals surface area contributed by atoms with E-state index in [1.807, 2.05) is 0 Å². The monoisotopic (exact) mass is 239 g/mol. The van der Waals surface area contributed by atoms with Gasteiger partial charge in [-0.1, -0.05) is 12.8 Å². The minimum Gasteiger partial charge on any atom is -0.329 e. The minimum absolute atomic E-state index is 0.816. The predicted molar refractivity (Wildman–Crippen MR) is 73.1 cm³/mol. The van der Waals surface area contributed by atoms with Crippen molar-refractivity contribution in [2.45, 2.75) is 38.5 Å². The van der Waals surface area contributed by atoms with Gasteiger partial charge in [-0.05, 0) is 57.8 Å². The van der Waals surface area contributed by atoms with Gasteiger partial charge in [-0.3, -0.25) is 0 Å². The molecule has 0 spiro atoms. The van der Waals surface area contributed by atoms with E-state index in [1.165, 1.54) is 71.2 Å². The Morgan fingerprint density at radius 1 is 0.824 bits per heavy atom. The van der Waals surface area contributed by atoms with Crippen LogP contribution in [0.5, 0.6) is 0 Å². The maximum Gasteiger partial charge on any atom is 0.0105 e. The van der Waals surface area contributed by atoms with E-state index in [0.717, 1.165) is 19.0 Å². The molecular formula is C14H29N3. The third-order valence-corrected chi connectivity index (χ3v) is 4.37. The first-order valence-electron chi connectivity index (χ1n) is 7.53. The van der Waals surface area contributed by atoms with Crippen LogP contribution in [0.1, 0.15) is 38.5 Å². The quantitative estimate of drug-likeness (QED) is 0.807. The van der Waals surface area contributed by atoms with Crippen LogP contribution in [0.2, 0.25) is 0 Å². The average molecular weight is 239 g/mol. The van der Waals surface area contributed by atoms with Gasteiger partial charge < -0.3 is 15.5 Å². The molecule has 0 aliphatic carbocycles. The highest BCUT2D eigenvalue weighted by Crippen LogP contribution is 2.20. The first kappa shape index (κ1) is 13.3. The molecule has 0 unspecified atom stereocenters. The zero-order valence-corrected chi connectivity index (χ0v) is 11.2. The van der Waals surface area contributed by atoms with Gasteiger partial charge in [-0.2, -0.15) is 0 Å². The highest BCUT2D eigenvalue weighted by atomic mass is 15.2. The molecule has 3 nitrogen and oxygen atoms in total. The standard InChI is InChI=1S/C14H29N3/c15-7-12-16-10-5-14(6-11-16)13-17-8-3-1-2-4-9-17/h14H,1-13,15H2. The van der Waals surface area contributed by atoms with E-state index in [2.05, 4.69) is 9.80 Å². The van der Waals surface area contributed by atoms with E-state index in [1.54, 1.807) is 0 Å². The van der Waals surface area contributed by atoms with Crippen LogP contribution in [-0.4, -0.2) is 55.6 Å². The Hall–Kier alpha value is -0.120. The summed E-state index contributed by atoms with van der Waals surface area (Å²) >= 11 is 0. The molecule has 2 heterocycles. The van der Waals surface area contributed by atoms with Gasteiger partial charge in [-0.25, -0.2) is 0 Å². The summed E-state index contributed by atoms with van der Waals surface area (Å²) in [7, 11) is 0. The van der Waals surface area contributed by atoms with Crippen LogP contribution in [0, 0.1) is 5.92 Å². The maximum atomic E-state index is 5.61. The second-order valence-electron chi connectivity index (χ2n) is 5.79. The fraction of sp³-hybridized carbons (Fsp3) is 1.00. The molecule has 0 saturated carbocycles. The Morgan fingerprint density at radius 2 is 1.47 bits per heavy atom. The molecule has 2 aliphatic heterocycles. The number of hydrogen-bond donors (Lipinski definition) is 1. The van der Waals surface area contributed by atoms with Crippen LogP contribution >= 0.6 is 0 Å². The molecule has 0 aromatic carbocycles. The topological polar surface area (TPSA) is 32.5 Å². The van der Waals surface area contributed by atoms with E-state index in [4.69, 9.17) is 5.73 Å². The number of nitrogens with two attached hydrogens (primary N) is 1. The third kappa shape index (κ3) is 4.57. The van der Waals surface area contributed by atoms with Crippen molar-refractivity contribution in [3.8, 4) is 0 Å². The van der Waals surface area contributed by atoms with Crippen molar-refractivity contribution in [1.29, 1.82) is 0 Å². The lowest BCUT2D eigenvalue weighted by molar-refractivity contribution is 0.147. The van der Waals surface area contributed by atoms with Gasteiger partial charge in [0, 0.05) is 19.6 Å². The lowest BCUT2D eigenvalue weighted by Crippen LogP contribution is -2.40. The van der Waals surface area contributed by atoms with Crippen LogP contribution in [-0.2, 0) is 0 Å². The van der Waals surface area contributed by atoms with Crippen LogP contribution in [0.15, 0.2) is 0 Å². The van der Waals surface area contributed by atoms with E-state index < -0.39 is 0 Å². The summed E-state index contributed by atoms with van der Waals surface area (Å²) in [5, 5.41) is 0. The summed E-state index contributed by atoms with van der Waals surface area (Å²) in [6, 6.07) is 0. The molecule has 0 bridgehead atoms. The lowest BCUT2D eigenvalue weighted by Gasteiger charge is -2.34. The van der Waals surface area contributed by atoms with Crippen molar-refractivity contribution >= 4 is 0 Å². The van der Waals surface area contributed by atoms with Crippen molar-refractivity contribution in [3.05, 3.63) is 0 Å². The highest BCUT2D eigenvalue weighted by Gasteiger charge is 2.21. The highest BCUT2D eigenvalue weighted by molar-refractivity contribution is 4.76. The van der Waals surface area contributed by atoms with Gasteiger partial charge in [-0.15, -0.1) is 0 Å². The zero-order chi connectivity index (χ0) is 11.9. The molecular weight excluding hydrogens is 210 g/mol. The number of piperidine rings is 1. The molecule has 2 N–H and O–H groups in total. The van der Waals surface area contributed by atoms with E-state index in [-0.39, 0.29) is 0 Å². The third-order valence-electron chi connectivity index (χ3n) is 4.37. The Bertz CT molecular complexity index is 192. The molecule has 2 fully saturated rings. The summed E-state index contributed by atoms with van der Waals surface area (Å²) in [6.07, 6.45) is 8.52. The normalized spacial score (nSPS) is 25.9. The SMILES string of the molecule is NCCN1CCC(CN2CCCCCC2)CC1. The fourth-order valence-corrected chi connectivity index (χ4v) is 3.26. The van der Waals surface area contributed by atoms with Crippen molar-refractivity contribution in [3.63, 3.8) is 0 Å². The van der Waals surface area contributed by atoms with Crippen LogP contribution in [0.25, 0.3) is 0 Å². The van der Waals surface area contributed by atoms with Crippen molar-refractivity contribution in [1.82, 2.24) is 9.80 Å². The molecule has 0 aromatic rings. The zero-order valence-electron chi connectivity index (χ0n) is 11.2. The van der Waals surface area contributed by atoms with Gasteiger partial charge in [0.05, 0.1) is 0 Å². The van der Waals surface area contributed by atoms with Gasteiger partial charge in [0.1, 0.15) is 0 Å². The van der Waals surface area contributed by atoms with Crippen molar-refractivity contribution in [2.24, 2.45) is 11.7 Å². The van der Waals surface area contributed by atoms with E-state index in [9.17, 15) is 0 Å². The second kappa shape index (κ2) is 7.34. The Kier molecular flexibility index (Phi) is 5.75. The summed E-state index contributed by atoms with van der Waals surface area (Å²) in [5.74, 6) is 0.946. The molecule has 0 atom stereocenters. The molecule has 0 aromatic heterocycles. The molecule has 2 rings (SSSR count). The largest absolute Gasteiger partial charge is 0.329 e. The van der Waals surface area contributed by atoms with Crippen molar-refractivity contribution < 1.29 is 0 Å². The predicted octanol–water partition coefficient (Wildman–Crippen LogP) is 1.53. The fourth-order valence-electron chi connectivity index (χ4n) is 3.26. The number of likely N-dealkylation sites (tertiary alicyclic amines) is 2. The Balaban J connectivity index is 1.66. The second-order valence-corrected chi connectivity index (χ2v) is 5.79. The number of hydrogen-bond acceptors (Lipinski definition) is 3. The van der Waals surface area contributed by atoms with Crippen molar-refractivity contribution in [2.75, 3.05) is 45.8 Å². The minimum atomic E-state index is 0.816. The molecule has 0 radical (unpaired) electrons. The Morgan fingerprint density at radius 3 is 2.06 bits per heavy atom. The first-order valence-corrected chi connectivity index (χ1v) is 7.53. The van der Waals surface area contributed by atoms with Crippen LogP contribution < -0.4 is 5.73 Å². The first-order chi connectivity index (χ1) is 8.38. The van der Waals surface area contributed by atoms with Crippen LogP contribution in [0.3, 0.4) is 0 Å². The summed E-state index contributed by atoms with van der Waals surface area (Å²) in [4.78, 5) is 5.25. The number of rotatable bonds is 4. The molecule has 100 valence electrons. The lowest BCUT2D eigenvalue weighted by atomic mass is 9.96. The van der Waals surface area contributed by atoms with E-state index >= 15 is 0 Å². The smallest absolute Gasteiger partial charge is 0.0105 e. The Labute approximate surface area is 106 Å². The molecule has 0 amide bonds. The molecule has 2 saturated heterocycles.